The van der Waals surface area contributed by atoms with Crippen molar-refractivity contribution in [2.24, 2.45) is 0 Å². The van der Waals surface area contributed by atoms with Crippen molar-refractivity contribution in [3.63, 3.8) is 0 Å². The standard InChI is InChI=1S/C18H23ClN2O/c1-2-18(22)21-16-8-9-17(21)13-20(12-16)10-4-6-14-5-3-7-15(19)11-14/h3-7,11,16-17H,2,8-10,12-13H2,1H3/b6-4+/t16-,17+. The molecular formula is C18H23ClN2O. The number of likely N-dealkylation sites (tertiary alicyclic amines) is 1. The zero-order chi connectivity index (χ0) is 15.5. The topological polar surface area (TPSA) is 23.6 Å². The van der Waals surface area contributed by atoms with Gasteiger partial charge in [0, 0.05) is 43.2 Å². The minimum absolute atomic E-state index is 0.321. The van der Waals surface area contributed by atoms with E-state index < -0.39 is 0 Å². The van der Waals surface area contributed by atoms with Crippen LogP contribution in [0.15, 0.2) is 30.3 Å². The van der Waals surface area contributed by atoms with E-state index in [9.17, 15) is 4.79 Å². The van der Waals surface area contributed by atoms with Gasteiger partial charge in [0.1, 0.15) is 0 Å². The highest BCUT2D eigenvalue weighted by Gasteiger charge is 2.41. The van der Waals surface area contributed by atoms with Gasteiger partial charge in [-0.2, -0.15) is 0 Å². The van der Waals surface area contributed by atoms with Crippen LogP contribution in [0.25, 0.3) is 6.08 Å². The molecule has 0 spiro atoms. The normalized spacial score (nSPS) is 25.1. The summed E-state index contributed by atoms with van der Waals surface area (Å²) in [4.78, 5) is 16.7. The lowest BCUT2D eigenvalue weighted by atomic mass is 10.1. The van der Waals surface area contributed by atoms with Crippen LogP contribution >= 0.6 is 11.6 Å². The fourth-order valence-electron chi connectivity index (χ4n) is 3.68. The minimum Gasteiger partial charge on any atom is -0.334 e. The number of carbonyl (C=O) groups is 1. The molecule has 3 nitrogen and oxygen atoms in total. The van der Waals surface area contributed by atoms with Gasteiger partial charge in [-0.1, -0.05) is 42.8 Å². The van der Waals surface area contributed by atoms with Gasteiger partial charge in [0.05, 0.1) is 0 Å². The van der Waals surface area contributed by atoms with Gasteiger partial charge in [0.25, 0.3) is 0 Å². The van der Waals surface area contributed by atoms with Crippen molar-refractivity contribution in [1.82, 2.24) is 9.80 Å². The number of hydrogen-bond donors (Lipinski definition) is 0. The second kappa shape index (κ2) is 6.84. The number of nitrogens with zero attached hydrogens (tertiary/aromatic N) is 2. The predicted octanol–water partition coefficient (Wildman–Crippen LogP) is 3.44. The number of benzene rings is 1. The number of amides is 1. The molecule has 4 heteroatoms. The van der Waals surface area contributed by atoms with E-state index in [0.717, 1.165) is 43.1 Å². The number of halogens is 1. The second-order valence-corrected chi connectivity index (χ2v) is 6.65. The van der Waals surface area contributed by atoms with Crippen molar-refractivity contribution in [2.75, 3.05) is 19.6 Å². The van der Waals surface area contributed by atoms with Crippen LogP contribution in [0.2, 0.25) is 5.02 Å². The van der Waals surface area contributed by atoms with E-state index in [1.165, 1.54) is 0 Å². The number of fused-ring (bicyclic) bond motifs is 2. The van der Waals surface area contributed by atoms with E-state index >= 15 is 0 Å². The first-order chi connectivity index (χ1) is 10.7. The van der Waals surface area contributed by atoms with E-state index in [1.807, 2.05) is 25.1 Å². The van der Waals surface area contributed by atoms with Crippen LogP contribution in [-0.4, -0.2) is 47.4 Å². The van der Waals surface area contributed by atoms with Gasteiger partial charge in [0.2, 0.25) is 5.91 Å². The Morgan fingerprint density at radius 1 is 1.32 bits per heavy atom. The summed E-state index contributed by atoms with van der Waals surface area (Å²) in [7, 11) is 0. The number of rotatable bonds is 4. The van der Waals surface area contributed by atoms with Crippen molar-refractivity contribution < 1.29 is 4.79 Å². The first-order valence-corrected chi connectivity index (χ1v) is 8.51. The van der Waals surface area contributed by atoms with Gasteiger partial charge in [-0.15, -0.1) is 0 Å². The molecule has 0 unspecified atom stereocenters. The van der Waals surface area contributed by atoms with E-state index in [0.29, 0.717) is 24.4 Å². The molecule has 0 N–H and O–H groups in total. The van der Waals surface area contributed by atoms with Crippen molar-refractivity contribution in [2.45, 2.75) is 38.3 Å². The van der Waals surface area contributed by atoms with Crippen LogP contribution in [0.1, 0.15) is 31.7 Å². The van der Waals surface area contributed by atoms with E-state index in [1.54, 1.807) is 0 Å². The molecule has 2 bridgehead atoms. The minimum atomic E-state index is 0.321. The fourth-order valence-corrected chi connectivity index (χ4v) is 3.88. The summed E-state index contributed by atoms with van der Waals surface area (Å²) < 4.78 is 0. The largest absolute Gasteiger partial charge is 0.334 e. The summed E-state index contributed by atoms with van der Waals surface area (Å²) in [6.07, 6.45) is 7.26. The monoisotopic (exact) mass is 318 g/mol. The van der Waals surface area contributed by atoms with Crippen LogP contribution < -0.4 is 0 Å². The van der Waals surface area contributed by atoms with Crippen molar-refractivity contribution in [1.29, 1.82) is 0 Å². The predicted molar refractivity (Wildman–Crippen MR) is 90.9 cm³/mol. The van der Waals surface area contributed by atoms with Gasteiger partial charge in [-0.3, -0.25) is 9.69 Å². The van der Waals surface area contributed by atoms with Crippen LogP contribution in [0.4, 0.5) is 0 Å². The van der Waals surface area contributed by atoms with Gasteiger partial charge in [-0.25, -0.2) is 0 Å². The van der Waals surface area contributed by atoms with Crippen LogP contribution in [-0.2, 0) is 4.79 Å². The molecule has 3 rings (SSSR count). The molecule has 118 valence electrons. The lowest BCUT2D eigenvalue weighted by Gasteiger charge is -2.40. The third-order valence-electron chi connectivity index (χ3n) is 4.67. The SMILES string of the molecule is CCC(=O)N1[C@@H]2CC[C@H]1CN(C/C=C/c1cccc(Cl)c1)C2. The number of hydrogen-bond acceptors (Lipinski definition) is 2. The molecule has 2 aliphatic rings. The average molecular weight is 319 g/mol. The van der Waals surface area contributed by atoms with Crippen LogP contribution in [0.3, 0.4) is 0 Å². The molecule has 1 aromatic carbocycles. The van der Waals surface area contributed by atoms with E-state index in [4.69, 9.17) is 11.6 Å². The van der Waals surface area contributed by atoms with Gasteiger partial charge in [0.15, 0.2) is 0 Å². The average Bonchev–Trinajstić information content (AvgIpc) is 2.77. The molecule has 0 radical (unpaired) electrons. The molecular weight excluding hydrogens is 296 g/mol. The maximum atomic E-state index is 12.0. The number of carbonyl (C=O) groups excluding carboxylic acids is 1. The smallest absolute Gasteiger partial charge is 0.222 e. The fraction of sp³-hybridized carbons (Fsp3) is 0.500. The molecule has 0 aromatic heterocycles. The lowest BCUT2D eigenvalue weighted by molar-refractivity contribution is -0.136. The molecule has 2 aliphatic heterocycles. The Labute approximate surface area is 137 Å². The second-order valence-electron chi connectivity index (χ2n) is 6.22. The van der Waals surface area contributed by atoms with E-state index in [-0.39, 0.29) is 0 Å². The van der Waals surface area contributed by atoms with Gasteiger partial charge >= 0.3 is 0 Å². The Bertz CT molecular complexity index is 558. The van der Waals surface area contributed by atoms with Crippen LogP contribution in [0.5, 0.6) is 0 Å². The maximum Gasteiger partial charge on any atom is 0.222 e. The first kappa shape index (κ1) is 15.6. The van der Waals surface area contributed by atoms with Gasteiger partial charge in [-0.05, 0) is 30.5 Å². The molecule has 1 amide bonds. The zero-order valence-corrected chi connectivity index (χ0v) is 13.8. The van der Waals surface area contributed by atoms with Crippen molar-refractivity contribution >= 4 is 23.6 Å². The quantitative estimate of drug-likeness (QED) is 0.849. The Morgan fingerprint density at radius 2 is 2.05 bits per heavy atom. The van der Waals surface area contributed by atoms with Crippen molar-refractivity contribution in [3.05, 3.63) is 40.9 Å². The summed E-state index contributed by atoms with van der Waals surface area (Å²) in [5.74, 6) is 0.321. The molecule has 2 heterocycles. The third kappa shape index (κ3) is 3.36. The summed E-state index contributed by atoms with van der Waals surface area (Å²) in [6, 6.07) is 8.73. The molecule has 0 saturated carbocycles. The summed E-state index contributed by atoms with van der Waals surface area (Å²) in [5, 5.41) is 0.770. The molecule has 0 aliphatic carbocycles. The van der Waals surface area contributed by atoms with Crippen molar-refractivity contribution in [3.8, 4) is 0 Å². The first-order valence-electron chi connectivity index (χ1n) is 8.13. The Morgan fingerprint density at radius 3 is 2.68 bits per heavy atom. The highest BCUT2D eigenvalue weighted by atomic mass is 35.5. The highest BCUT2D eigenvalue weighted by molar-refractivity contribution is 6.30. The molecule has 1 aromatic rings. The summed E-state index contributed by atoms with van der Waals surface area (Å²) in [6.45, 7) is 4.90. The van der Waals surface area contributed by atoms with E-state index in [2.05, 4.69) is 28.0 Å². The zero-order valence-electron chi connectivity index (χ0n) is 13.0. The third-order valence-corrected chi connectivity index (χ3v) is 4.91. The Kier molecular flexibility index (Phi) is 4.84. The molecule has 22 heavy (non-hydrogen) atoms. The van der Waals surface area contributed by atoms with Gasteiger partial charge < -0.3 is 4.90 Å². The molecule has 2 saturated heterocycles. The molecule has 2 fully saturated rings. The molecule has 2 atom stereocenters. The summed E-state index contributed by atoms with van der Waals surface area (Å²) in [5.41, 5.74) is 1.13. The maximum absolute atomic E-state index is 12.0. The van der Waals surface area contributed by atoms with Crippen LogP contribution in [0, 0.1) is 0 Å². The Balaban J connectivity index is 1.57. The highest BCUT2D eigenvalue weighted by Crippen LogP contribution is 2.30. The Hall–Kier alpha value is -1.32. The lowest BCUT2D eigenvalue weighted by Crippen LogP contribution is -2.55. The summed E-state index contributed by atoms with van der Waals surface area (Å²) >= 11 is 6.00. The number of piperazine rings is 1.